The van der Waals surface area contributed by atoms with Crippen LogP contribution in [0.5, 0.6) is 11.5 Å². The molecule has 0 aliphatic carbocycles. The number of rotatable bonds is 5. The number of likely N-dealkylation sites (N-methyl/N-ethyl adjacent to an activating group) is 1. The Morgan fingerprint density at radius 1 is 1.07 bits per heavy atom. The summed E-state index contributed by atoms with van der Waals surface area (Å²) in [7, 11) is 2.99. The summed E-state index contributed by atoms with van der Waals surface area (Å²) in [5, 5.41) is 4.84. The van der Waals surface area contributed by atoms with Crippen molar-refractivity contribution < 1.29 is 19.1 Å². The minimum Gasteiger partial charge on any atom is -0.493 e. The minimum absolute atomic E-state index is 0.203. The lowest BCUT2D eigenvalue weighted by Gasteiger charge is -2.14. The summed E-state index contributed by atoms with van der Waals surface area (Å²) in [6.45, 7) is 0.379. The molecule has 7 heteroatoms. The smallest absolute Gasteiger partial charge is 0.328 e. The van der Waals surface area contributed by atoms with E-state index in [0.29, 0.717) is 28.1 Å². The van der Waals surface area contributed by atoms with Gasteiger partial charge in [0, 0.05) is 11.5 Å². The number of carbonyl (C=O) groups excluding carboxylic acids is 2. The lowest BCUT2D eigenvalue weighted by molar-refractivity contribution is -0.121. The van der Waals surface area contributed by atoms with Gasteiger partial charge < -0.3 is 14.8 Å². The first-order chi connectivity index (χ1) is 14.5. The van der Waals surface area contributed by atoms with Crippen LogP contribution in [0.4, 0.5) is 4.79 Å². The van der Waals surface area contributed by atoms with Crippen molar-refractivity contribution in [1.82, 2.24) is 10.2 Å². The zero-order valence-electron chi connectivity index (χ0n) is 16.4. The van der Waals surface area contributed by atoms with Crippen LogP contribution in [-0.4, -0.2) is 31.0 Å². The molecule has 1 heterocycles. The van der Waals surface area contributed by atoms with Gasteiger partial charge in [-0.3, -0.25) is 9.69 Å². The number of hydrogen-bond donors (Lipinski definition) is 1. The molecule has 4 rings (SSSR count). The predicted molar refractivity (Wildman–Crippen MR) is 118 cm³/mol. The normalized spacial score (nSPS) is 15.0. The molecule has 0 atom stereocenters. The average Bonchev–Trinajstić information content (AvgIpc) is 3.00. The van der Waals surface area contributed by atoms with E-state index in [1.165, 1.54) is 7.05 Å². The van der Waals surface area contributed by atoms with E-state index in [-0.39, 0.29) is 11.6 Å². The van der Waals surface area contributed by atoms with Crippen molar-refractivity contribution in [2.75, 3.05) is 14.2 Å². The van der Waals surface area contributed by atoms with Crippen LogP contribution in [0.1, 0.15) is 11.1 Å². The van der Waals surface area contributed by atoms with Gasteiger partial charge in [0.1, 0.15) is 12.3 Å². The second-order valence-corrected chi connectivity index (χ2v) is 7.66. The third kappa shape index (κ3) is 3.76. The Labute approximate surface area is 182 Å². The molecule has 30 heavy (non-hydrogen) atoms. The Bertz CT molecular complexity index is 1180. The van der Waals surface area contributed by atoms with Crippen molar-refractivity contribution in [2.24, 2.45) is 0 Å². The van der Waals surface area contributed by atoms with Gasteiger partial charge in [-0.05, 0) is 40.1 Å². The van der Waals surface area contributed by atoms with Crippen LogP contribution in [0, 0.1) is 0 Å². The second kappa shape index (κ2) is 8.20. The van der Waals surface area contributed by atoms with Crippen LogP contribution in [0.2, 0.25) is 0 Å². The summed E-state index contributed by atoms with van der Waals surface area (Å²) in [4.78, 5) is 24.8. The molecule has 0 aromatic heterocycles. The minimum atomic E-state index is -0.454. The van der Waals surface area contributed by atoms with Gasteiger partial charge in [-0.25, -0.2) is 4.79 Å². The third-order valence-corrected chi connectivity index (χ3v) is 5.61. The Morgan fingerprint density at radius 3 is 2.57 bits per heavy atom. The van der Waals surface area contributed by atoms with Crippen LogP contribution < -0.4 is 14.8 Å². The molecule has 3 aromatic carbocycles. The molecule has 3 amide bonds. The number of imide groups is 1. The molecule has 0 radical (unpaired) electrons. The highest BCUT2D eigenvalue weighted by Gasteiger charge is 2.30. The first-order valence-electron chi connectivity index (χ1n) is 9.25. The number of ether oxygens (including phenoxy) is 2. The fraction of sp³-hybridized carbons (Fsp3) is 0.130. The van der Waals surface area contributed by atoms with Crippen LogP contribution in [0.3, 0.4) is 0 Å². The number of urea groups is 1. The number of nitrogens with zero attached hydrogens (tertiary/aromatic N) is 1. The first-order valence-corrected chi connectivity index (χ1v) is 10.0. The molecule has 0 spiro atoms. The number of carbonyl (C=O) groups is 2. The van der Waals surface area contributed by atoms with Crippen molar-refractivity contribution in [2.45, 2.75) is 6.61 Å². The van der Waals surface area contributed by atoms with Crippen molar-refractivity contribution in [1.29, 1.82) is 0 Å². The van der Waals surface area contributed by atoms with Gasteiger partial charge in [-0.1, -0.05) is 58.4 Å². The largest absolute Gasteiger partial charge is 0.493 e. The maximum Gasteiger partial charge on any atom is 0.328 e. The number of nitrogens with one attached hydrogen (secondary N) is 1. The number of benzene rings is 3. The van der Waals surface area contributed by atoms with Gasteiger partial charge in [-0.15, -0.1) is 0 Å². The van der Waals surface area contributed by atoms with Crippen LogP contribution >= 0.6 is 15.9 Å². The number of hydrogen-bond acceptors (Lipinski definition) is 4. The molecule has 1 aliphatic rings. The average molecular weight is 467 g/mol. The van der Waals surface area contributed by atoms with Gasteiger partial charge in [0.25, 0.3) is 5.91 Å². The van der Waals surface area contributed by atoms with Crippen LogP contribution in [0.25, 0.3) is 16.8 Å². The maximum atomic E-state index is 12.1. The Morgan fingerprint density at radius 2 is 1.83 bits per heavy atom. The highest BCUT2D eigenvalue weighted by Crippen LogP contribution is 2.35. The van der Waals surface area contributed by atoms with Crippen molar-refractivity contribution in [3.63, 3.8) is 0 Å². The molecular weight excluding hydrogens is 448 g/mol. The molecule has 0 saturated carbocycles. The van der Waals surface area contributed by atoms with E-state index in [0.717, 1.165) is 21.2 Å². The van der Waals surface area contributed by atoms with E-state index >= 15 is 0 Å². The molecule has 1 fully saturated rings. The summed E-state index contributed by atoms with van der Waals surface area (Å²) in [6, 6.07) is 17.4. The standard InChI is InChI=1S/C23H19BrN2O4/c1-26-22(27)19(25-23(26)28)10-16-11-20(29-2)21(12-18(16)24)30-13-15-8-5-7-14-6-3-4-9-17(14)15/h3-12H,13H2,1-2H3,(H,25,28)/b19-10+. The van der Waals surface area contributed by atoms with Crippen molar-refractivity contribution in [3.05, 3.63) is 75.9 Å². The lowest BCUT2D eigenvalue weighted by atomic mass is 10.1. The zero-order chi connectivity index (χ0) is 21.3. The number of amides is 3. The summed E-state index contributed by atoms with van der Waals surface area (Å²) in [5.74, 6) is 0.705. The second-order valence-electron chi connectivity index (χ2n) is 6.80. The fourth-order valence-electron chi connectivity index (χ4n) is 3.29. The van der Waals surface area contributed by atoms with Gasteiger partial charge in [0.2, 0.25) is 0 Å². The quantitative estimate of drug-likeness (QED) is 0.436. The fourth-order valence-corrected chi connectivity index (χ4v) is 3.72. The van der Waals surface area contributed by atoms with Gasteiger partial charge >= 0.3 is 6.03 Å². The van der Waals surface area contributed by atoms with E-state index in [1.807, 2.05) is 24.3 Å². The summed E-state index contributed by atoms with van der Waals surface area (Å²) in [5.41, 5.74) is 1.96. The Kier molecular flexibility index (Phi) is 5.46. The van der Waals surface area contributed by atoms with E-state index in [1.54, 1.807) is 25.3 Å². The van der Waals surface area contributed by atoms with Crippen molar-refractivity contribution >= 4 is 44.7 Å². The molecule has 152 valence electrons. The molecule has 1 aliphatic heterocycles. The summed E-state index contributed by atoms with van der Waals surface area (Å²) in [6.07, 6.45) is 1.60. The topological polar surface area (TPSA) is 67.9 Å². The molecule has 0 bridgehead atoms. The first kappa shape index (κ1) is 20.0. The Balaban J connectivity index is 1.61. The predicted octanol–water partition coefficient (Wildman–Crippen LogP) is 4.71. The van der Waals surface area contributed by atoms with E-state index in [4.69, 9.17) is 9.47 Å². The van der Waals surface area contributed by atoms with Gasteiger partial charge in [0.15, 0.2) is 11.5 Å². The molecular formula is C23H19BrN2O4. The number of halogens is 1. The molecule has 0 unspecified atom stereocenters. The SMILES string of the molecule is COc1cc(/C=C2/NC(=O)N(C)C2=O)c(Br)cc1OCc1cccc2ccccc12. The number of methoxy groups -OCH3 is 1. The molecule has 1 N–H and O–H groups in total. The van der Waals surface area contributed by atoms with Crippen LogP contribution in [0.15, 0.2) is 64.8 Å². The van der Waals surface area contributed by atoms with Gasteiger partial charge in [0.05, 0.1) is 7.11 Å². The van der Waals surface area contributed by atoms with Crippen LogP contribution in [-0.2, 0) is 11.4 Å². The molecule has 1 saturated heterocycles. The van der Waals surface area contributed by atoms with E-state index in [9.17, 15) is 9.59 Å². The molecule has 3 aromatic rings. The third-order valence-electron chi connectivity index (χ3n) is 4.93. The monoisotopic (exact) mass is 466 g/mol. The Hall–Kier alpha value is -3.32. The summed E-state index contributed by atoms with van der Waals surface area (Å²) >= 11 is 3.52. The maximum absolute atomic E-state index is 12.1. The zero-order valence-corrected chi connectivity index (χ0v) is 18.0. The molecule has 6 nitrogen and oxygen atoms in total. The lowest BCUT2D eigenvalue weighted by Crippen LogP contribution is -2.25. The summed E-state index contributed by atoms with van der Waals surface area (Å²) < 4.78 is 12.3. The highest BCUT2D eigenvalue weighted by molar-refractivity contribution is 9.10. The van der Waals surface area contributed by atoms with E-state index < -0.39 is 6.03 Å². The van der Waals surface area contributed by atoms with E-state index in [2.05, 4.69) is 39.4 Å². The van der Waals surface area contributed by atoms with Crippen molar-refractivity contribution in [3.8, 4) is 11.5 Å². The highest BCUT2D eigenvalue weighted by atomic mass is 79.9. The van der Waals surface area contributed by atoms with Gasteiger partial charge in [-0.2, -0.15) is 0 Å². The number of fused-ring (bicyclic) bond motifs is 1.